The van der Waals surface area contributed by atoms with Crippen LogP contribution in [0.4, 0.5) is 4.79 Å². The summed E-state index contributed by atoms with van der Waals surface area (Å²) in [5, 5.41) is 9.19. The fourth-order valence-corrected chi connectivity index (χ4v) is 2.17. The van der Waals surface area contributed by atoms with Crippen LogP contribution in [0, 0.1) is 5.92 Å². The highest BCUT2D eigenvalue weighted by Gasteiger charge is 2.41. The minimum absolute atomic E-state index is 0.147. The molecule has 1 heterocycles. The lowest BCUT2D eigenvalue weighted by Crippen LogP contribution is -2.43. The first kappa shape index (κ1) is 15.8. The van der Waals surface area contributed by atoms with E-state index >= 15 is 0 Å². The summed E-state index contributed by atoms with van der Waals surface area (Å²) < 4.78 is 10.2. The maximum atomic E-state index is 12.0. The highest BCUT2D eigenvalue weighted by Crippen LogP contribution is 2.27. The third kappa shape index (κ3) is 4.70. The van der Waals surface area contributed by atoms with Crippen molar-refractivity contribution in [2.24, 2.45) is 5.92 Å². The van der Waals surface area contributed by atoms with E-state index in [2.05, 4.69) is 0 Å². The van der Waals surface area contributed by atoms with Crippen molar-refractivity contribution in [1.29, 1.82) is 0 Å². The van der Waals surface area contributed by atoms with Gasteiger partial charge in [-0.3, -0.25) is 4.90 Å². The second-order valence-electron chi connectivity index (χ2n) is 5.87. The lowest BCUT2D eigenvalue weighted by molar-refractivity contribution is -0.142. The quantitative estimate of drug-likeness (QED) is 0.844. The van der Waals surface area contributed by atoms with Gasteiger partial charge >= 0.3 is 12.1 Å². The van der Waals surface area contributed by atoms with Crippen LogP contribution in [0.15, 0.2) is 0 Å². The van der Waals surface area contributed by atoms with E-state index in [1.807, 2.05) is 0 Å². The third-order valence-corrected chi connectivity index (χ3v) is 3.03. The van der Waals surface area contributed by atoms with Crippen molar-refractivity contribution in [1.82, 2.24) is 4.90 Å². The minimum Gasteiger partial charge on any atom is -0.480 e. The Labute approximate surface area is 113 Å². The molecule has 1 unspecified atom stereocenters. The summed E-state index contributed by atoms with van der Waals surface area (Å²) >= 11 is 0. The Bertz CT molecular complexity index is 336. The molecule has 6 nitrogen and oxygen atoms in total. The zero-order valence-electron chi connectivity index (χ0n) is 12.0. The Kier molecular flexibility index (Phi) is 5.17. The van der Waals surface area contributed by atoms with Gasteiger partial charge in [-0.25, -0.2) is 9.59 Å². The van der Waals surface area contributed by atoms with Gasteiger partial charge in [0.2, 0.25) is 0 Å². The molecule has 0 aromatic rings. The molecule has 6 heteroatoms. The molecule has 1 saturated heterocycles. The Hall–Kier alpha value is -1.30. The first-order chi connectivity index (χ1) is 8.74. The standard InChI is InChI=1S/C13H23NO5/c1-13(2,3)19-12(17)14-8-9(5-6-18-4)7-10(14)11(15)16/h9-10H,5-8H2,1-4H3,(H,15,16)/t9?,10-/m0/s1. The maximum Gasteiger partial charge on any atom is 0.411 e. The smallest absolute Gasteiger partial charge is 0.411 e. The first-order valence-corrected chi connectivity index (χ1v) is 6.46. The van der Waals surface area contributed by atoms with E-state index in [9.17, 15) is 14.7 Å². The second kappa shape index (κ2) is 6.23. The molecule has 2 atom stereocenters. The van der Waals surface area contributed by atoms with Crippen molar-refractivity contribution in [2.75, 3.05) is 20.3 Å². The third-order valence-electron chi connectivity index (χ3n) is 3.03. The highest BCUT2D eigenvalue weighted by molar-refractivity contribution is 5.80. The fraction of sp³-hybridized carbons (Fsp3) is 0.846. The molecule has 1 rings (SSSR count). The Balaban J connectivity index is 2.68. The van der Waals surface area contributed by atoms with E-state index in [0.29, 0.717) is 19.6 Å². The Morgan fingerprint density at radius 3 is 2.47 bits per heavy atom. The van der Waals surface area contributed by atoms with Crippen LogP contribution in [-0.4, -0.2) is 54.0 Å². The van der Waals surface area contributed by atoms with Gasteiger partial charge in [0.05, 0.1) is 0 Å². The number of nitrogens with zero attached hydrogens (tertiary/aromatic N) is 1. The number of rotatable bonds is 4. The topological polar surface area (TPSA) is 76.1 Å². The molecule has 1 aliphatic heterocycles. The number of methoxy groups -OCH3 is 1. The van der Waals surface area contributed by atoms with E-state index in [0.717, 1.165) is 6.42 Å². The number of carboxylic acids is 1. The molecular weight excluding hydrogens is 250 g/mol. The molecule has 0 aromatic carbocycles. The lowest BCUT2D eigenvalue weighted by Gasteiger charge is -2.26. The number of carbonyl (C=O) groups is 2. The van der Waals surface area contributed by atoms with Crippen LogP contribution in [0.3, 0.4) is 0 Å². The van der Waals surface area contributed by atoms with Gasteiger partial charge in [0.1, 0.15) is 11.6 Å². The van der Waals surface area contributed by atoms with Crippen LogP contribution in [0.25, 0.3) is 0 Å². The molecule has 19 heavy (non-hydrogen) atoms. The predicted molar refractivity (Wildman–Crippen MR) is 69.0 cm³/mol. The average molecular weight is 273 g/mol. The van der Waals surface area contributed by atoms with Gasteiger partial charge < -0.3 is 14.6 Å². The molecule has 1 amide bonds. The van der Waals surface area contributed by atoms with Gasteiger partial charge in [-0.05, 0) is 39.5 Å². The summed E-state index contributed by atoms with van der Waals surface area (Å²) in [5.41, 5.74) is -0.620. The summed E-state index contributed by atoms with van der Waals surface area (Å²) in [6.07, 6.45) is 0.650. The fourth-order valence-electron chi connectivity index (χ4n) is 2.17. The first-order valence-electron chi connectivity index (χ1n) is 6.46. The molecule has 1 aliphatic rings. The summed E-state index contributed by atoms with van der Waals surface area (Å²) in [6.45, 7) is 6.27. The number of aliphatic carboxylic acids is 1. The molecule has 0 bridgehead atoms. The molecule has 0 spiro atoms. The monoisotopic (exact) mass is 273 g/mol. The molecule has 0 aromatic heterocycles. The van der Waals surface area contributed by atoms with Gasteiger partial charge in [0.15, 0.2) is 0 Å². The minimum atomic E-state index is -0.981. The van der Waals surface area contributed by atoms with E-state index in [1.165, 1.54) is 4.90 Å². The van der Waals surface area contributed by atoms with Crippen LogP contribution in [0.1, 0.15) is 33.6 Å². The normalized spacial score (nSPS) is 23.5. The maximum absolute atomic E-state index is 12.0. The van der Waals surface area contributed by atoms with Crippen molar-refractivity contribution in [3.63, 3.8) is 0 Å². The van der Waals surface area contributed by atoms with Gasteiger partial charge in [0, 0.05) is 20.3 Å². The number of hydrogen-bond donors (Lipinski definition) is 1. The van der Waals surface area contributed by atoms with Crippen molar-refractivity contribution in [2.45, 2.75) is 45.3 Å². The number of amides is 1. The van der Waals surface area contributed by atoms with E-state index < -0.39 is 23.7 Å². The van der Waals surface area contributed by atoms with Crippen LogP contribution in [-0.2, 0) is 14.3 Å². The molecule has 1 fully saturated rings. The van der Waals surface area contributed by atoms with E-state index in [1.54, 1.807) is 27.9 Å². The molecular formula is C13H23NO5. The predicted octanol–water partition coefficient (Wildman–Crippen LogP) is 1.73. The zero-order valence-corrected chi connectivity index (χ0v) is 12.0. The molecule has 0 radical (unpaired) electrons. The number of carbonyl (C=O) groups excluding carboxylic acids is 1. The number of ether oxygens (including phenoxy) is 2. The van der Waals surface area contributed by atoms with E-state index in [-0.39, 0.29) is 5.92 Å². The molecule has 0 aliphatic carbocycles. The average Bonchev–Trinajstić information content (AvgIpc) is 2.68. The summed E-state index contributed by atoms with van der Waals surface area (Å²) in [7, 11) is 1.61. The second-order valence-corrected chi connectivity index (χ2v) is 5.87. The van der Waals surface area contributed by atoms with Crippen LogP contribution < -0.4 is 0 Å². The SMILES string of the molecule is COCCC1C[C@@H](C(=O)O)N(C(=O)OC(C)(C)C)C1. The highest BCUT2D eigenvalue weighted by atomic mass is 16.6. The Morgan fingerprint density at radius 2 is 2.00 bits per heavy atom. The van der Waals surface area contributed by atoms with Gasteiger partial charge in [-0.2, -0.15) is 0 Å². The molecule has 0 saturated carbocycles. The van der Waals surface area contributed by atoms with Crippen molar-refractivity contribution in [3.05, 3.63) is 0 Å². The zero-order chi connectivity index (χ0) is 14.6. The number of carboxylic acid groups (broad SMARTS) is 1. The van der Waals surface area contributed by atoms with E-state index in [4.69, 9.17) is 9.47 Å². The summed E-state index contributed by atoms with van der Waals surface area (Å²) in [6, 6.07) is -0.795. The van der Waals surface area contributed by atoms with Crippen molar-refractivity contribution in [3.8, 4) is 0 Å². The van der Waals surface area contributed by atoms with Crippen molar-refractivity contribution < 1.29 is 24.2 Å². The van der Waals surface area contributed by atoms with Crippen LogP contribution >= 0.6 is 0 Å². The lowest BCUT2D eigenvalue weighted by atomic mass is 10.0. The summed E-state index contributed by atoms with van der Waals surface area (Å²) in [4.78, 5) is 24.5. The van der Waals surface area contributed by atoms with Gasteiger partial charge in [0.25, 0.3) is 0 Å². The number of hydrogen-bond acceptors (Lipinski definition) is 4. The van der Waals surface area contributed by atoms with Crippen molar-refractivity contribution >= 4 is 12.1 Å². The molecule has 110 valence electrons. The van der Waals surface area contributed by atoms with Crippen LogP contribution in [0.5, 0.6) is 0 Å². The summed E-state index contributed by atoms with van der Waals surface area (Å²) in [5.74, 6) is -0.834. The van der Waals surface area contributed by atoms with Crippen LogP contribution in [0.2, 0.25) is 0 Å². The number of likely N-dealkylation sites (tertiary alicyclic amines) is 1. The largest absolute Gasteiger partial charge is 0.480 e. The molecule has 1 N–H and O–H groups in total. The van der Waals surface area contributed by atoms with Gasteiger partial charge in [-0.1, -0.05) is 0 Å². The van der Waals surface area contributed by atoms with Gasteiger partial charge in [-0.15, -0.1) is 0 Å². The Morgan fingerprint density at radius 1 is 1.37 bits per heavy atom.